The summed E-state index contributed by atoms with van der Waals surface area (Å²) in [6, 6.07) is 0.876. The van der Waals surface area contributed by atoms with Gasteiger partial charge in [-0.15, -0.1) is 0 Å². The molecule has 0 saturated carbocycles. The molecule has 0 unspecified atom stereocenters. The summed E-state index contributed by atoms with van der Waals surface area (Å²) in [7, 11) is 0. The minimum atomic E-state index is -0.625. The maximum atomic E-state index is 13.2. The summed E-state index contributed by atoms with van der Waals surface area (Å²) in [5.74, 6) is -0.916. The van der Waals surface area contributed by atoms with Crippen molar-refractivity contribution < 1.29 is 8.78 Å². The molecule has 1 aliphatic heterocycles. The maximum Gasteiger partial charge on any atom is 0.168 e. The van der Waals surface area contributed by atoms with Gasteiger partial charge in [0.05, 0.1) is 6.20 Å². The van der Waals surface area contributed by atoms with Crippen LogP contribution in [0.4, 0.5) is 14.6 Å². The van der Waals surface area contributed by atoms with E-state index in [1.807, 2.05) is 4.90 Å². The Morgan fingerprint density at radius 1 is 1.23 bits per heavy atom. The first-order valence-electron chi connectivity index (χ1n) is 4.33. The molecule has 0 spiro atoms. The SMILES string of the molecule is Fc1cnc(N2CCCC2)c(F)c1. The molecule has 70 valence electrons. The largest absolute Gasteiger partial charge is 0.354 e. The smallest absolute Gasteiger partial charge is 0.168 e. The van der Waals surface area contributed by atoms with Crippen LogP contribution in [0.3, 0.4) is 0 Å². The molecule has 1 aromatic rings. The summed E-state index contributed by atoms with van der Waals surface area (Å²) in [6.07, 6.45) is 3.16. The molecule has 0 aliphatic carbocycles. The summed E-state index contributed by atoms with van der Waals surface area (Å²) in [5, 5.41) is 0. The van der Waals surface area contributed by atoms with Crippen molar-refractivity contribution in [1.29, 1.82) is 0 Å². The Morgan fingerprint density at radius 2 is 1.92 bits per heavy atom. The molecule has 2 rings (SSSR count). The molecule has 0 radical (unpaired) electrons. The van der Waals surface area contributed by atoms with Gasteiger partial charge in [0.1, 0.15) is 5.82 Å². The fourth-order valence-electron chi connectivity index (χ4n) is 1.57. The van der Waals surface area contributed by atoms with E-state index in [0.29, 0.717) is 0 Å². The quantitative estimate of drug-likeness (QED) is 0.663. The van der Waals surface area contributed by atoms with Crippen LogP contribution in [-0.4, -0.2) is 18.1 Å². The highest BCUT2D eigenvalue weighted by Crippen LogP contribution is 2.20. The third kappa shape index (κ3) is 1.61. The van der Waals surface area contributed by atoms with E-state index < -0.39 is 11.6 Å². The van der Waals surface area contributed by atoms with E-state index >= 15 is 0 Å². The summed E-state index contributed by atoms with van der Waals surface area (Å²) in [5.41, 5.74) is 0. The highest BCUT2D eigenvalue weighted by molar-refractivity contribution is 5.40. The van der Waals surface area contributed by atoms with Crippen molar-refractivity contribution >= 4 is 5.82 Å². The Bertz CT molecular complexity index is 308. The Hall–Kier alpha value is -1.19. The molecule has 0 aromatic carbocycles. The first-order valence-corrected chi connectivity index (χ1v) is 4.33. The average Bonchev–Trinajstić information content (AvgIpc) is 2.56. The number of hydrogen-bond acceptors (Lipinski definition) is 2. The first kappa shape index (κ1) is 8.41. The fraction of sp³-hybridized carbons (Fsp3) is 0.444. The van der Waals surface area contributed by atoms with Gasteiger partial charge in [0.15, 0.2) is 11.6 Å². The molecule has 1 aliphatic rings. The van der Waals surface area contributed by atoms with Crippen LogP contribution in [0.2, 0.25) is 0 Å². The van der Waals surface area contributed by atoms with Crippen LogP contribution >= 0.6 is 0 Å². The topological polar surface area (TPSA) is 16.1 Å². The second-order valence-electron chi connectivity index (χ2n) is 3.15. The highest BCUT2D eigenvalue weighted by atomic mass is 19.1. The fourth-order valence-corrected chi connectivity index (χ4v) is 1.57. The van der Waals surface area contributed by atoms with Gasteiger partial charge in [0, 0.05) is 19.2 Å². The lowest BCUT2D eigenvalue weighted by Crippen LogP contribution is -2.20. The number of halogens is 2. The Morgan fingerprint density at radius 3 is 2.54 bits per heavy atom. The summed E-state index contributed by atoms with van der Waals surface area (Å²) >= 11 is 0. The minimum Gasteiger partial charge on any atom is -0.354 e. The molecule has 13 heavy (non-hydrogen) atoms. The van der Waals surface area contributed by atoms with E-state index in [2.05, 4.69) is 4.98 Å². The Labute approximate surface area is 75.2 Å². The van der Waals surface area contributed by atoms with E-state index in [0.717, 1.165) is 38.2 Å². The van der Waals surface area contributed by atoms with Crippen LogP contribution in [0.15, 0.2) is 12.3 Å². The standard InChI is InChI=1S/C9H10F2N2/c10-7-5-8(11)9(12-6-7)13-3-1-2-4-13/h5-6H,1-4H2. The normalized spacial score (nSPS) is 16.6. The Kier molecular flexibility index (Phi) is 2.12. The zero-order valence-electron chi connectivity index (χ0n) is 7.13. The number of pyridine rings is 1. The summed E-state index contributed by atoms with van der Waals surface area (Å²) in [4.78, 5) is 5.58. The first-order chi connectivity index (χ1) is 6.27. The van der Waals surface area contributed by atoms with Crippen LogP contribution < -0.4 is 4.90 Å². The van der Waals surface area contributed by atoms with Crippen molar-refractivity contribution in [3.05, 3.63) is 23.9 Å². The number of aromatic nitrogens is 1. The third-order valence-corrected chi connectivity index (χ3v) is 2.19. The molecule has 4 heteroatoms. The van der Waals surface area contributed by atoms with Crippen LogP contribution in [0, 0.1) is 11.6 Å². The van der Waals surface area contributed by atoms with E-state index in [-0.39, 0.29) is 5.82 Å². The molecule has 1 aromatic heterocycles. The van der Waals surface area contributed by atoms with Crippen LogP contribution in [0.25, 0.3) is 0 Å². The molecule has 2 nitrogen and oxygen atoms in total. The molecular weight excluding hydrogens is 174 g/mol. The van der Waals surface area contributed by atoms with Crippen LogP contribution in [0.5, 0.6) is 0 Å². The van der Waals surface area contributed by atoms with Gasteiger partial charge < -0.3 is 4.90 Å². The van der Waals surface area contributed by atoms with E-state index in [4.69, 9.17) is 0 Å². The lowest BCUT2D eigenvalue weighted by Gasteiger charge is -2.16. The number of hydrogen-bond donors (Lipinski definition) is 0. The monoisotopic (exact) mass is 184 g/mol. The van der Waals surface area contributed by atoms with E-state index in [1.54, 1.807) is 0 Å². The number of nitrogens with zero attached hydrogens (tertiary/aromatic N) is 2. The molecular formula is C9H10F2N2. The van der Waals surface area contributed by atoms with Crippen LogP contribution in [0.1, 0.15) is 12.8 Å². The van der Waals surface area contributed by atoms with Crippen molar-refractivity contribution in [2.45, 2.75) is 12.8 Å². The molecule has 1 saturated heterocycles. The predicted octanol–water partition coefficient (Wildman–Crippen LogP) is 1.96. The molecule has 0 N–H and O–H groups in total. The lowest BCUT2D eigenvalue weighted by molar-refractivity contribution is 0.570. The average molecular weight is 184 g/mol. The van der Waals surface area contributed by atoms with Crippen LogP contribution in [-0.2, 0) is 0 Å². The second-order valence-corrected chi connectivity index (χ2v) is 3.15. The Balaban J connectivity index is 2.29. The van der Waals surface area contributed by atoms with Gasteiger partial charge in [-0.3, -0.25) is 0 Å². The minimum absolute atomic E-state index is 0.277. The van der Waals surface area contributed by atoms with Crippen molar-refractivity contribution in [1.82, 2.24) is 4.98 Å². The van der Waals surface area contributed by atoms with Crippen molar-refractivity contribution in [2.24, 2.45) is 0 Å². The van der Waals surface area contributed by atoms with Gasteiger partial charge in [-0.1, -0.05) is 0 Å². The molecule has 2 heterocycles. The summed E-state index contributed by atoms with van der Waals surface area (Å²) < 4.78 is 25.7. The number of rotatable bonds is 1. The van der Waals surface area contributed by atoms with Crippen molar-refractivity contribution in [3.63, 3.8) is 0 Å². The third-order valence-electron chi connectivity index (χ3n) is 2.19. The van der Waals surface area contributed by atoms with Crippen molar-refractivity contribution in [2.75, 3.05) is 18.0 Å². The second kappa shape index (κ2) is 3.28. The summed E-state index contributed by atoms with van der Waals surface area (Å²) in [6.45, 7) is 1.63. The highest BCUT2D eigenvalue weighted by Gasteiger charge is 2.17. The zero-order valence-corrected chi connectivity index (χ0v) is 7.13. The van der Waals surface area contributed by atoms with Gasteiger partial charge in [0.25, 0.3) is 0 Å². The van der Waals surface area contributed by atoms with Gasteiger partial charge >= 0.3 is 0 Å². The van der Waals surface area contributed by atoms with Gasteiger partial charge in [-0.25, -0.2) is 13.8 Å². The van der Waals surface area contributed by atoms with E-state index in [9.17, 15) is 8.78 Å². The van der Waals surface area contributed by atoms with Gasteiger partial charge in [0.2, 0.25) is 0 Å². The molecule has 0 amide bonds. The van der Waals surface area contributed by atoms with Gasteiger partial charge in [-0.2, -0.15) is 0 Å². The molecule has 1 fully saturated rings. The van der Waals surface area contributed by atoms with Gasteiger partial charge in [-0.05, 0) is 12.8 Å². The maximum absolute atomic E-state index is 13.2. The molecule has 0 bridgehead atoms. The zero-order chi connectivity index (χ0) is 9.26. The lowest BCUT2D eigenvalue weighted by atomic mass is 10.4. The molecule has 0 atom stereocenters. The predicted molar refractivity (Wildman–Crippen MR) is 45.6 cm³/mol. The van der Waals surface area contributed by atoms with E-state index in [1.165, 1.54) is 0 Å². The number of anilines is 1. The van der Waals surface area contributed by atoms with Crippen molar-refractivity contribution in [3.8, 4) is 0 Å².